The molecule has 3 rings (SSSR count). The molecule has 0 radical (unpaired) electrons. The number of rotatable bonds is 7. The van der Waals surface area contributed by atoms with Crippen LogP contribution in [0.15, 0.2) is 54.7 Å². The molecule has 5 heteroatoms. The second-order valence-corrected chi connectivity index (χ2v) is 6.67. The zero-order valence-corrected chi connectivity index (χ0v) is 16.0. The molecule has 0 aliphatic carbocycles. The van der Waals surface area contributed by atoms with Crippen LogP contribution in [0.1, 0.15) is 23.1 Å². The molecule has 0 saturated heterocycles. The highest BCUT2D eigenvalue weighted by molar-refractivity contribution is 5.76. The molecule has 1 amide bonds. The molecule has 1 aromatic heterocycles. The molecule has 1 heterocycles. The van der Waals surface area contributed by atoms with Crippen LogP contribution in [-0.2, 0) is 24.8 Å². The number of nitrogens with one attached hydrogen (secondary N) is 1. The number of aryl methyl sites for hydroxylation is 3. The molecule has 1 N–H and O–H groups in total. The first-order chi connectivity index (χ1) is 13.0. The summed E-state index contributed by atoms with van der Waals surface area (Å²) in [6.45, 7) is 2.58. The van der Waals surface area contributed by atoms with Gasteiger partial charge >= 0.3 is 0 Å². The number of aromatic nitrogens is 2. The molecule has 0 fully saturated rings. The topological polar surface area (TPSA) is 56.1 Å². The second kappa shape index (κ2) is 8.54. The van der Waals surface area contributed by atoms with Gasteiger partial charge in [0.2, 0.25) is 5.91 Å². The van der Waals surface area contributed by atoms with Crippen molar-refractivity contribution in [2.75, 3.05) is 7.11 Å². The quantitative estimate of drug-likeness (QED) is 0.697. The molecular formula is C22H25N3O2. The summed E-state index contributed by atoms with van der Waals surface area (Å²) in [6, 6.07) is 16.0. The second-order valence-electron chi connectivity index (χ2n) is 6.67. The lowest BCUT2D eigenvalue weighted by Crippen LogP contribution is -2.23. The highest BCUT2D eigenvalue weighted by Crippen LogP contribution is 2.23. The molecule has 140 valence electrons. The fraction of sp³-hybridized carbons (Fsp3) is 0.273. The molecule has 0 aliphatic rings. The summed E-state index contributed by atoms with van der Waals surface area (Å²) < 4.78 is 6.95. The van der Waals surface area contributed by atoms with Gasteiger partial charge in [-0.1, -0.05) is 42.0 Å². The van der Waals surface area contributed by atoms with Crippen molar-refractivity contribution in [3.8, 4) is 17.0 Å². The predicted molar refractivity (Wildman–Crippen MR) is 107 cm³/mol. The van der Waals surface area contributed by atoms with E-state index < -0.39 is 0 Å². The molecule has 0 bridgehead atoms. The van der Waals surface area contributed by atoms with Crippen molar-refractivity contribution in [2.45, 2.75) is 26.3 Å². The molecular weight excluding hydrogens is 338 g/mol. The van der Waals surface area contributed by atoms with Crippen LogP contribution in [0.2, 0.25) is 0 Å². The molecule has 0 saturated carbocycles. The number of hydrogen-bond donors (Lipinski definition) is 1. The monoisotopic (exact) mass is 363 g/mol. The normalized spacial score (nSPS) is 10.6. The lowest BCUT2D eigenvalue weighted by molar-refractivity contribution is -0.121. The van der Waals surface area contributed by atoms with Gasteiger partial charge in [-0.2, -0.15) is 5.10 Å². The standard InChI is InChI=1S/C22H25N3O2/c1-16-4-8-18(9-5-16)22-19(15-25(2)24-22)10-13-21(26)23-14-17-6-11-20(27-3)12-7-17/h4-9,11-12,15H,10,13-14H2,1-3H3,(H,23,26). The van der Waals surface area contributed by atoms with E-state index in [4.69, 9.17) is 4.74 Å². The summed E-state index contributed by atoms with van der Waals surface area (Å²) in [5.74, 6) is 0.842. The zero-order chi connectivity index (χ0) is 19.2. The first kappa shape index (κ1) is 18.7. The van der Waals surface area contributed by atoms with Crippen molar-refractivity contribution >= 4 is 5.91 Å². The van der Waals surface area contributed by atoms with Crippen LogP contribution >= 0.6 is 0 Å². The fourth-order valence-electron chi connectivity index (χ4n) is 2.96. The van der Waals surface area contributed by atoms with E-state index in [9.17, 15) is 4.79 Å². The molecule has 0 atom stereocenters. The van der Waals surface area contributed by atoms with E-state index in [-0.39, 0.29) is 5.91 Å². The summed E-state index contributed by atoms with van der Waals surface area (Å²) >= 11 is 0. The third-order valence-corrected chi connectivity index (χ3v) is 4.50. The summed E-state index contributed by atoms with van der Waals surface area (Å²) in [5, 5.41) is 7.54. The van der Waals surface area contributed by atoms with Crippen LogP contribution in [-0.4, -0.2) is 22.8 Å². The van der Waals surface area contributed by atoms with E-state index in [1.54, 1.807) is 11.8 Å². The molecule has 3 aromatic rings. The Kier molecular flexibility index (Phi) is 5.91. The van der Waals surface area contributed by atoms with Crippen LogP contribution in [0.4, 0.5) is 0 Å². The van der Waals surface area contributed by atoms with Gasteiger partial charge < -0.3 is 10.1 Å². The van der Waals surface area contributed by atoms with Crippen LogP contribution < -0.4 is 10.1 Å². The van der Waals surface area contributed by atoms with Crippen LogP contribution in [0.3, 0.4) is 0 Å². The van der Waals surface area contributed by atoms with Crippen molar-refractivity contribution in [3.05, 3.63) is 71.4 Å². The third-order valence-electron chi connectivity index (χ3n) is 4.50. The Bertz CT molecular complexity index is 896. The predicted octanol–water partition coefficient (Wildman–Crippen LogP) is 3.65. The van der Waals surface area contributed by atoms with Gasteiger partial charge in [-0.3, -0.25) is 9.48 Å². The SMILES string of the molecule is COc1ccc(CNC(=O)CCc2cn(C)nc2-c2ccc(C)cc2)cc1. The van der Waals surface area contributed by atoms with Crippen molar-refractivity contribution in [2.24, 2.45) is 7.05 Å². The summed E-state index contributed by atoms with van der Waals surface area (Å²) in [5.41, 5.74) is 5.37. The molecule has 5 nitrogen and oxygen atoms in total. The largest absolute Gasteiger partial charge is 0.497 e. The minimum Gasteiger partial charge on any atom is -0.497 e. The summed E-state index contributed by atoms with van der Waals surface area (Å²) in [4.78, 5) is 12.2. The molecule has 2 aromatic carbocycles. The number of ether oxygens (including phenoxy) is 1. The van der Waals surface area contributed by atoms with Crippen LogP contribution in [0.25, 0.3) is 11.3 Å². The zero-order valence-electron chi connectivity index (χ0n) is 16.0. The minimum atomic E-state index is 0.0320. The average Bonchev–Trinajstić information content (AvgIpc) is 3.06. The third kappa shape index (κ3) is 4.97. The van der Waals surface area contributed by atoms with Crippen molar-refractivity contribution in [1.29, 1.82) is 0 Å². The lowest BCUT2D eigenvalue weighted by Gasteiger charge is -2.07. The lowest BCUT2D eigenvalue weighted by atomic mass is 10.0. The Morgan fingerprint density at radius 3 is 2.48 bits per heavy atom. The van der Waals surface area contributed by atoms with E-state index in [1.807, 2.05) is 37.5 Å². The average molecular weight is 363 g/mol. The number of benzene rings is 2. The number of nitrogens with zero attached hydrogens (tertiary/aromatic N) is 2. The smallest absolute Gasteiger partial charge is 0.220 e. The fourth-order valence-corrected chi connectivity index (χ4v) is 2.96. The van der Waals surface area contributed by atoms with Crippen molar-refractivity contribution < 1.29 is 9.53 Å². The highest BCUT2D eigenvalue weighted by atomic mass is 16.5. The maximum absolute atomic E-state index is 12.2. The number of carbonyl (C=O) groups excluding carboxylic acids is 1. The van der Waals surface area contributed by atoms with E-state index >= 15 is 0 Å². The molecule has 0 spiro atoms. The number of methoxy groups -OCH3 is 1. The van der Waals surface area contributed by atoms with Crippen molar-refractivity contribution in [3.63, 3.8) is 0 Å². The van der Waals surface area contributed by atoms with Gasteiger partial charge in [0, 0.05) is 31.8 Å². The van der Waals surface area contributed by atoms with E-state index in [2.05, 4.69) is 41.6 Å². The molecule has 0 aliphatic heterocycles. The van der Waals surface area contributed by atoms with Crippen molar-refractivity contribution in [1.82, 2.24) is 15.1 Å². The van der Waals surface area contributed by atoms with Gasteiger partial charge in [0.1, 0.15) is 5.75 Å². The van der Waals surface area contributed by atoms with E-state index in [0.717, 1.165) is 28.1 Å². The van der Waals surface area contributed by atoms with Crippen LogP contribution in [0, 0.1) is 6.92 Å². The Morgan fingerprint density at radius 2 is 1.81 bits per heavy atom. The maximum atomic E-state index is 12.2. The first-order valence-electron chi connectivity index (χ1n) is 9.04. The Balaban J connectivity index is 1.57. The number of amides is 1. The van der Waals surface area contributed by atoms with Gasteiger partial charge in [0.25, 0.3) is 0 Å². The summed E-state index contributed by atoms with van der Waals surface area (Å²) in [6.07, 6.45) is 3.08. The molecule has 0 unspecified atom stereocenters. The van der Waals surface area contributed by atoms with Crippen LogP contribution in [0.5, 0.6) is 5.75 Å². The number of hydrogen-bond acceptors (Lipinski definition) is 3. The van der Waals surface area contributed by atoms with Gasteiger partial charge in [-0.25, -0.2) is 0 Å². The van der Waals surface area contributed by atoms with E-state index in [1.165, 1.54) is 5.56 Å². The van der Waals surface area contributed by atoms with E-state index in [0.29, 0.717) is 19.4 Å². The maximum Gasteiger partial charge on any atom is 0.220 e. The van der Waals surface area contributed by atoms with Gasteiger partial charge in [-0.15, -0.1) is 0 Å². The Morgan fingerprint density at radius 1 is 1.11 bits per heavy atom. The molecule has 27 heavy (non-hydrogen) atoms. The summed E-state index contributed by atoms with van der Waals surface area (Å²) in [7, 11) is 3.55. The highest BCUT2D eigenvalue weighted by Gasteiger charge is 2.12. The Labute approximate surface area is 160 Å². The first-order valence-corrected chi connectivity index (χ1v) is 9.04. The van der Waals surface area contributed by atoms with Gasteiger partial charge in [-0.05, 0) is 36.6 Å². The minimum absolute atomic E-state index is 0.0320. The van der Waals surface area contributed by atoms with Gasteiger partial charge in [0.15, 0.2) is 0 Å². The number of carbonyl (C=O) groups is 1. The Hall–Kier alpha value is -3.08. The van der Waals surface area contributed by atoms with Gasteiger partial charge in [0.05, 0.1) is 12.8 Å².